The summed E-state index contributed by atoms with van der Waals surface area (Å²) in [6.07, 6.45) is 0.904. The lowest BCUT2D eigenvalue weighted by Crippen LogP contribution is -2.29. The van der Waals surface area contributed by atoms with E-state index in [4.69, 9.17) is 33.2 Å². The van der Waals surface area contributed by atoms with Crippen LogP contribution in [0.3, 0.4) is 0 Å². The first-order chi connectivity index (χ1) is 23.7. The number of aliphatic hydroxyl groups is 1. The van der Waals surface area contributed by atoms with Gasteiger partial charge in [0, 0.05) is 23.1 Å². The van der Waals surface area contributed by atoms with Gasteiger partial charge in [-0.3, -0.25) is 4.79 Å². The second-order valence-electron chi connectivity index (χ2n) is 10.5. The molecule has 1 unspecified atom stereocenters. The van der Waals surface area contributed by atoms with Gasteiger partial charge in [0.2, 0.25) is 11.5 Å². The predicted molar refractivity (Wildman–Crippen MR) is 182 cm³/mol. The Morgan fingerprint density at radius 2 is 1.29 bits per heavy atom. The molecule has 254 valence electrons. The second kappa shape index (κ2) is 15.0. The number of ether oxygens (including phenoxy) is 7. The monoisotopic (exact) mass is 686 g/mol. The lowest BCUT2D eigenvalue weighted by atomic mass is 9.88. The Morgan fingerprint density at radius 3 is 1.82 bits per heavy atom. The molecule has 0 saturated carbocycles. The molecular weight excluding hydrogens is 652 g/mol. The highest BCUT2D eigenvalue weighted by Crippen LogP contribution is 2.46. The summed E-state index contributed by atoms with van der Waals surface area (Å²) in [7, 11) is 9.12. The molecule has 4 aromatic carbocycles. The van der Waals surface area contributed by atoms with Gasteiger partial charge in [0.15, 0.2) is 23.0 Å². The van der Waals surface area contributed by atoms with Crippen molar-refractivity contribution < 1.29 is 47.9 Å². The molecule has 5 aromatic rings. The molecule has 0 spiro atoms. The number of aromatic nitrogens is 2. The summed E-state index contributed by atoms with van der Waals surface area (Å²) in [5.41, 5.74) is 4.32. The molecule has 13 heteroatoms. The van der Waals surface area contributed by atoms with Gasteiger partial charge in [0.05, 0.1) is 60.0 Å². The first-order valence-corrected chi connectivity index (χ1v) is 15.5. The van der Waals surface area contributed by atoms with Gasteiger partial charge in [-0.2, -0.15) is 8.75 Å². The molecule has 0 fully saturated rings. The second-order valence-corrected chi connectivity index (χ2v) is 11.0. The van der Waals surface area contributed by atoms with Crippen LogP contribution in [0.15, 0.2) is 78.4 Å². The summed E-state index contributed by atoms with van der Waals surface area (Å²) in [4.78, 5) is 23.8. The van der Waals surface area contributed by atoms with Gasteiger partial charge in [-0.25, -0.2) is 4.79 Å². The third-order valence-corrected chi connectivity index (χ3v) is 8.35. The highest BCUT2D eigenvalue weighted by Gasteiger charge is 2.48. The Balaban J connectivity index is 0.000000281. The van der Waals surface area contributed by atoms with Crippen molar-refractivity contribution in [2.75, 3.05) is 42.7 Å². The standard InChI is InChI=1S/C26H22N2O6S.C10H12O4/c1-31-21-12-15(13-22(32-2)24(21)33-3)11-18-23(16-9-10-19-20(14-16)28-35-27-19)25(29)34-26(18,30)17-7-5-4-6-8-17;1-12-8-4-7(6-11)5-9(13-2)10(8)14-3/h4-10,12-14,30H,11H2,1-3H3;4-6H,1-3H3. The molecular formula is C36H34N2O10S. The Hall–Kier alpha value is -5.66. The van der Waals surface area contributed by atoms with E-state index in [1.54, 1.807) is 66.7 Å². The van der Waals surface area contributed by atoms with Gasteiger partial charge in [0.25, 0.3) is 5.79 Å². The molecule has 12 nitrogen and oxygen atoms in total. The number of aldehydes is 1. The smallest absolute Gasteiger partial charge is 0.342 e. The van der Waals surface area contributed by atoms with Crippen molar-refractivity contribution in [3.63, 3.8) is 0 Å². The zero-order valence-electron chi connectivity index (χ0n) is 27.6. The summed E-state index contributed by atoms with van der Waals surface area (Å²) in [6.45, 7) is 0. The molecule has 2 heterocycles. The number of benzene rings is 4. The number of methoxy groups -OCH3 is 6. The van der Waals surface area contributed by atoms with Crippen LogP contribution in [0.25, 0.3) is 16.6 Å². The number of carbonyl (C=O) groups excluding carboxylic acids is 2. The van der Waals surface area contributed by atoms with Crippen LogP contribution in [0.1, 0.15) is 27.0 Å². The van der Waals surface area contributed by atoms with Crippen LogP contribution in [0.5, 0.6) is 34.5 Å². The Kier molecular flexibility index (Phi) is 10.6. The number of fused-ring (bicyclic) bond motifs is 1. The van der Waals surface area contributed by atoms with Crippen molar-refractivity contribution in [1.29, 1.82) is 0 Å². The zero-order valence-corrected chi connectivity index (χ0v) is 28.5. The van der Waals surface area contributed by atoms with Crippen molar-refractivity contribution in [3.8, 4) is 34.5 Å². The average Bonchev–Trinajstić information content (AvgIpc) is 3.71. The van der Waals surface area contributed by atoms with E-state index in [0.29, 0.717) is 62.3 Å². The van der Waals surface area contributed by atoms with E-state index in [0.717, 1.165) is 29.1 Å². The molecule has 1 N–H and O–H groups in total. The number of rotatable bonds is 11. The van der Waals surface area contributed by atoms with E-state index >= 15 is 0 Å². The number of hydrogen-bond acceptors (Lipinski definition) is 13. The minimum absolute atomic E-state index is 0.177. The van der Waals surface area contributed by atoms with E-state index < -0.39 is 11.8 Å². The highest BCUT2D eigenvalue weighted by molar-refractivity contribution is 7.00. The lowest BCUT2D eigenvalue weighted by Gasteiger charge is -2.26. The number of nitrogens with zero attached hydrogens (tertiary/aromatic N) is 2. The summed E-state index contributed by atoms with van der Waals surface area (Å²) in [6, 6.07) is 20.9. The van der Waals surface area contributed by atoms with E-state index in [2.05, 4.69) is 8.75 Å². The average molecular weight is 687 g/mol. The molecule has 1 atom stereocenters. The van der Waals surface area contributed by atoms with E-state index in [9.17, 15) is 14.7 Å². The van der Waals surface area contributed by atoms with Crippen LogP contribution in [0.2, 0.25) is 0 Å². The number of esters is 1. The summed E-state index contributed by atoms with van der Waals surface area (Å²) >= 11 is 1.10. The minimum atomic E-state index is -1.96. The van der Waals surface area contributed by atoms with Crippen LogP contribution in [0.4, 0.5) is 0 Å². The molecule has 1 aliphatic rings. The molecule has 1 aromatic heterocycles. The van der Waals surface area contributed by atoms with Gasteiger partial charge in [0.1, 0.15) is 17.3 Å². The molecule has 0 bridgehead atoms. The van der Waals surface area contributed by atoms with Gasteiger partial charge in [-0.1, -0.05) is 36.4 Å². The van der Waals surface area contributed by atoms with E-state index in [1.807, 2.05) is 6.07 Å². The normalized spacial score (nSPS) is 15.2. The molecule has 0 aliphatic carbocycles. The first-order valence-electron chi connectivity index (χ1n) is 14.8. The topological polar surface area (TPSA) is 145 Å². The van der Waals surface area contributed by atoms with E-state index in [1.165, 1.54) is 42.7 Å². The number of hydrogen-bond donors (Lipinski definition) is 1. The summed E-state index contributed by atoms with van der Waals surface area (Å²) in [5, 5.41) is 11.8. The quantitative estimate of drug-likeness (QED) is 0.136. The van der Waals surface area contributed by atoms with Crippen LogP contribution >= 0.6 is 11.7 Å². The third-order valence-electron chi connectivity index (χ3n) is 7.79. The number of cyclic esters (lactones) is 1. The van der Waals surface area contributed by atoms with Crippen LogP contribution < -0.4 is 28.4 Å². The van der Waals surface area contributed by atoms with Crippen LogP contribution in [-0.2, 0) is 21.7 Å². The van der Waals surface area contributed by atoms with Crippen molar-refractivity contribution in [2.24, 2.45) is 0 Å². The minimum Gasteiger partial charge on any atom is -0.493 e. The van der Waals surface area contributed by atoms with Crippen molar-refractivity contribution in [2.45, 2.75) is 12.2 Å². The molecule has 1 aliphatic heterocycles. The van der Waals surface area contributed by atoms with Crippen LogP contribution in [-0.4, -0.2) is 68.8 Å². The fourth-order valence-electron chi connectivity index (χ4n) is 5.49. The maximum atomic E-state index is 13.2. The van der Waals surface area contributed by atoms with Gasteiger partial charge in [-0.15, -0.1) is 0 Å². The third kappa shape index (κ3) is 6.84. The Labute approximate surface area is 286 Å². The molecule has 0 saturated heterocycles. The fraction of sp³-hybridized carbons (Fsp3) is 0.222. The van der Waals surface area contributed by atoms with Crippen molar-refractivity contribution in [3.05, 3.63) is 101 Å². The summed E-state index contributed by atoms with van der Waals surface area (Å²) in [5.74, 6) is 0.250. The Morgan fingerprint density at radius 1 is 0.735 bits per heavy atom. The lowest BCUT2D eigenvalue weighted by molar-refractivity contribution is -0.185. The molecule has 0 radical (unpaired) electrons. The van der Waals surface area contributed by atoms with Gasteiger partial charge < -0.3 is 38.3 Å². The van der Waals surface area contributed by atoms with Crippen LogP contribution in [0, 0.1) is 0 Å². The molecule has 0 amide bonds. The highest BCUT2D eigenvalue weighted by atomic mass is 32.1. The molecule has 6 rings (SSSR count). The van der Waals surface area contributed by atoms with E-state index in [-0.39, 0.29) is 12.0 Å². The first kappa shape index (κ1) is 34.7. The summed E-state index contributed by atoms with van der Waals surface area (Å²) < 4.78 is 45.8. The molecule has 49 heavy (non-hydrogen) atoms. The predicted octanol–water partition coefficient (Wildman–Crippen LogP) is 5.64. The number of carbonyl (C=O) groups is 2. The zero-order chi connectivity index (χ0) is 35.1. The van der Waals surface area contributed by atoms with Crippen molar-refractivity contribution in [1.82, 2.24) is 8.75 Å². The SMILES string of the molecule is COc1cc(C=O)cc(OC)c1OC.COc1cc(CC2=C(c3ccc4nsnc4c3)C(=O)OC2(O)c2ccccc2)cc(OC)c1OC. The van der Waals surface area contributed by atoms with Crippen molar-refractivity contribution >= 4 is 40.6 Å². The van der Waals surface area contributed by atoms with Gasteiger partial charge >= 0.3 is 5.97 Å². The maximum Gasteiger partial charge on any atom is 0.342 e. The van der Waals surface area contributed by atoms with Gasteiger partial charge in [-0.05, 0) is 47.5 Å². The largest absolute Gasteiger partial charge is 0.493 e. The maximum absolute atomic E-state index is 13.2. The Bertz CT molecular complexity index is 1960. The fourth-order valence-corrected chi connectivity index (χ4v) is 6.00.